The predicted octanol–water partition coefficient (Wildman–Crippen LogP) is 3.41. The van der Waals surface area contributed by atoms with Gasteiger partial charge in [0.15, 0.2) is 0 Å². The van der Waals surface area contributed by atoms with Gasteiger partial charge in [-0.2, -0.15) is 0 Å². The van der Waals surface area contributed by atoms with Crippen LogP contribution in [0, 0.1) is 5.92 Å². The molecule has 1 aliphatic heterocycles. The molecule has 0 aromatic heterocycles. The third kappa shape index (κ3) is 7.57. The molecule has 0 bridgehead atoms. The van der Waals surface area contributed by atoms with Gasteiger partial charge in [0, 0.05) is 42.6 Å². The number of carbonyl (C=O) groups excluding carboxylic acids is 2. The summed E-state index contributed by atoms with van der Waals surface area (Å²) in [7, 11) is 0. The van der Waals surface area contributed by atoms with Gasteiger partial charge < -0.3 is 15.5 Å². The first-order valence-electron chi connectivity index (χ1n) is 9.11. The van der Waals surface area contributed by atoms with Crippen LogP contribution in [0.4, 0.5) is 5.69 Å². The van der Waals surface area contributed by atoms with Crippen molar-refractivity contribution < 1.29 is 9.59 Å². The van der Waals surface area contributed by atoms with Crippen LogP contribution in [-0.2, 0) is 9.59 Å². The molecule has 0 spiro atoms. The van der Waals surface area contributed by atoms with Crippen molar-refractivity contribution in [2.24, 2.45) is 5.92 Å². The minimum atomic E-state index is 0.0384. The first-order chi connectivity index (χ1) is 12.1. The highest BCUT2D eigenvalue weighted by atomic mass is 79.9. The van der Waals surface area contributed by atoms with Crippen molar-refractivity contribution in [2.45, 2.75) is 39.0 Å². The zero-order chi connectivity index (χ0) is 18.1. The van der Waals surface area contributed by atoms with Gasteiger partial charge in [-0.15, -0.1) is 0 Å². The Hall–Kier alpha value is -1.40. The molecular formula is C19H28BrN3O2. The van der Waals surface area contributed by atoms with E-state index in [-0.39, 0.29) is 11.8 Å². The molecule has 1 atom stereocenters. The van der Waals surface area contributed by atoms with Crippen LogP contribution >= 0.6 is 15.9 Å². The number of carbonyl (C=O) groups is 2. The molecule has 1 aromatic rings. The van der Waals surface area contributed by atoms with Crippen LogP contribution in [0.5, 0.6) is 0 Å². The van der Waals surface area contributed by atoms with Gasteiger partial charge >= 0.3 is 0 Å². The van der Waals surface area contributed by atoms with Crippen molar-refractivity contribution in [2.75, 3.05) is 31.5 Å². The number of halogens is 1. The Morgan fingerprint density at radius 3 is 2.88 bits per heavy atom. The summed E-state index contributed by atoms with van der Waals surface area (Å²) in [6, 6.07) is 7.62. The largest absolute Gasteiger partial charge is 0.356 e. The Bertz CT molecular complexity index is 580. The molecule has 2 amide bonds. The molecule has 1 saturated heterocycles. The predicted molar refractivity (Wildman–Crippen MR) is 104 cm³/mol. The molecular weight excluding hydrogens is 382 g/mol. The fraction of sp³-hybridized carbons (Fsp3) is 0.579. The third-order valence-electron chi connectivity index (χ3n) is 4.43. The lowest BCUT2D eigenvalue weighted by atomic mass is 9.97. The molecule has 6 heteroatoms. The van der Waals surface area contributed by atoms with E-state index in [1.807, 2.05) is 31.2 Å². The van der Waals surface area contributed by atoms with Crippen LogP contribution in [0.3, 0.4) is 0 Å². The topological polar surface area (TPSA) is 61.4 Å². The average Bonchev–Trinajstić information content (AvgIpc) is 2.59. The van der Waals surface area contributed by atoms with Gasteiger partial charge in [0.05, 0.1) is 0 Å². The van der Waals surface area contributed by atoms with Crippen LogP contribution in [0.25, 0.3) is 0 Å². The summed E-state index contributed by atoms with van der Waals surface area (Å²) < 4.78 is 0.953. The molecule has 1 unspecified atom stereocenters. The van der Waals surface area contributed by atoms with Crippen molar-refractivity contribution in [3.05, 3.63) is 28.7 Å². The van der Waals surface area contributed by atoms with Crippen LogP contribution in [-0.4, -0.2) is 42.9 Å². The summed E-state index contributed by atoms with van der Waals surface area (Å²) in [6.45, 7) is 5.51. The third-order valence-corrected chi connectivity index (χ3v) is 4.92. The summed E-state index contributed by atoms with van der Waals surface area (Å²) in [5.41, 5.74) is 0.814. The summed E-state index contributed by atoms with van der Waals surface area (Å²) in [5, 5.41) is 5.96. The highest BCUT2D eigenvalue weighted by molar-refractivity contribution is 9.10. The number of nitrogens with zero attached hydrogens (tertiary/aromatic N) is 1. The van der Waals surface area contributed by atoms with Gasteiger partial charge in [-0.1, -0.05) is 28.9 Å². The molecule has 0 saturated carbocycles. The molecule has 1 heterocycles. The number of piperidine rings is 1. The van der Waals surface area contributed by atoms with Crippen molar-refractivity contribution in [1.82, 2.24) is 10.2 Å². The first-order valence-corrected chi connectivity index (χ1v) is 9.90. The maximum atomic E-state index is 12.1. The SMILES string of the molecule is CCCC(=O)NCC1CCCN(CCC(=O)Nc2cccc(Br)c2)C1. The van der Waals surface area contributed by atoms with E-state index in [0.717, 1.165) is 55.6 Å². The fourth-order valence-corrected chi connectivity index (χ4v) is 3.54. The Kier molecular flexibility index (Phi) is 8.41. The molecule has 0 aliphatic carbocycles. The second-order valence-corrected chi connectivity index (χ2v) is 7.59. The number of nitrogens with one attached hydrogen (secondary N) is 2. The zero-order valence-corrected chi connectivity index (χ0v) is 16.5. The highest BCUT2D eigenvalue weighted by Gasteiger charge is 2.20. The van der Waals surface area contributed by atoms with E-state index in [1.54, 1.807) is 0 Å². The maximum absolute atomic E-state index is 12.1. The number of benzene rings is 1. The van der Waals surface area contributed by atoms with E-state index in [4.69, 9.17) is 0 Å². The van der Waals surface area contributed by atoms with E-state index >= 15 is 0 Å². The van der Waals surface area contributed by atoms with E-state index in [0.29, 0.717) is 18.8 Å². The van der Waals surface area contributed by atoms with Crippen LogP contribution in [0.2, 0.25) is 0 Å². The normalized spacial score (nSPS) is 17.9. The lowest BCUT2D eigenvalue weighted by Gasteiger charge is -2.32. The van der Waals surface area contributed by atoms with Gasteiger partial charge in [-0.3, -0.25) is 9.59 Å². The summed E-state index contributed by atoms with van der Waals surface area (Å²) in [5.74, 6) is 0.673. The molecule has 0 radical (unpaired) electrons. The smallest absolute Gasteiger partial charge is 0.225 e. The minimum absolute atomic E-state index is 0.0384. The fourth-order valence-electron chi connectivity index (χ4n) is 3.14. The van der Waals surface area contributed by atoms with Crippen molar-refractivity contribution in [3.63, 3.8) is 0 Å². The van der Waals surface area contributed by atoms with Gasteiger partial charge in [0.2, 0.25) is 11.8 Å². The Morgan fingerprint density at radius 1 is 1.28 bits per heavy atom. The number of likely N-dealkylation sites (tertiary alicyclic amines) is 1. The van der Waals surface area contributed by atoms with Crippen molar-refractivity contribution >= 4 is 33.4 Å². The molecule has 5 nitrogen and oxygen atoms in total. The number of amides is 2. The highest BCUT2D eigenvalue weighted by Crippen LogP contribution is 2.17. The number of rotatable bonds is 8. The maximum Gasteiger partial charge on any atom is 0.225 e. The zero-order valence-electron chi connectivity index (χ0n) is 14.9. The van der Waals surface area contributed by atoms with Crippen molar-refractivity contribution in [1.29, 1.82) is 0 Å². The molecule has 25 heavy (non-hydrogen) atoms. The van der Waals surface area contributed by atoms with E-state index in [1.165, 1.54) is 0 Å². The number of anilines is 1. The second-order valence-electron chi connectivity index (χ2n) is 6.67. The van der Waals surface area contributed by atoms with E-state index < -0.39 is 0 Å². The number of hydrogen-bond donors (Lipinski definition) is 2. The van der Waals surface area contributed by atoms with E-state index in [2.05, 4.69) is 31.5 Å². The lowest BCUT2D eigenvalue weighted by Crippen LogP contribution is -2.41. The Labute approximate surface area is 158 Å². The van der Waals surface area contributed by atoms with Crippen LogP contribution in [0.1, 0.15) is 39.0 Å². The molecule has 2 rings (SSSR count). The Morgan fingerprint density at radius 2 is 2.12 bits per heavy atom. The molecule has 2 N–H and O–H groups in total. The monoisotopic (exact) mass is 409 g/mol. The summed E-state index contributed by atoms with van der Waals surface area (Å²) >= 11 is 3.41. The van der Waals surface area contributed by atoms with Gasteiger partial charge in [0.25, 0.3) is 0 Å². The molecule has 1 aliphatic rings. The van der Waals surface area contributed by atoms with Crippen LogP contribution < -0.4 is 10.6 Å². The second kappa shape index (κ2) is 10.6. The minimum Gasteiger partial charge on any atom is -0.356 e. The van der Waals surface area contributed by atoms with Crippen molar-refractivity contribution in [3.8, 4) is 0 Å². The quantitative estimate of drug-likeness (QED) is 0.691. The summed E-state index contributed by atoms with van der Waals surface area (Å²) in [6.07, 6.45) is 4.25. The van der Waals surface area contributed by atoms with Gasteiger partial charge in [-0.25, -0.2) is 0 Å². The van der Waals surface area contributed by atoms with Gasteiger partial charge in [0.1, 0.15) is 0 Å². The van der Waals surface area contributed by atoms with E-state index in [9.17, 15) is 9.59 Å². The average molecular weight is 410 g/mol. The molecule has 138 valence electrons. The van der Waals surface area contributed by atoms with Gasteiger partial charge in [-0.05, 0) is 49.9 Å². The summed E-state index contributed by atoms with van der Waals surface area (Å²) in [4.78, 5) is 26.1. The number of hydrogen-bond acceptors (Lipinski definition) is 3. The lowest BCUT2D eigenvalue weighted by molar-refractivity contribution is -0.121. The molecule has 1 fully saturated rings. The van der Waals surface area contributed by atoms with Crippen LogP contribution in [0.15, 0.2) is 28.7 Å². The molecule has 1 aromatic carbocycles. The standard InChI is InChI=1S/C19H28BrN3O2/c1-2-5-18(24)21-13-15-6-4-10-23(14-15)11-9-19(25)22-17-8-3-7-16(20)12-17/h3,7-8,12,15H,2,4-6,9-11,13-14H2,1H3,(H,21,24)(H,22,25). The first kappa shape index (κ1) is 19.9. The Balaban J connectivity index is 1.69.